The minimum Gasteiger partial charge on any atom is -0.449 e. The zero-order chi connectivity index (χ0) is 21.5. The summed E-state index contributed by atoms with van der Waals surface area (Å²) < 4.78 is 10.6. The molecule has 7 nitrogen and oxygen atoms in total. The Morgan fingerprint density at radius 1 is 1.07 bits per heavy atom. The van der Waals surface area contributed by atoms with Crippen LogP contribution in [0.2, 0.25) is 0 Å². The number of carbonyl (C=O) groups is 3. The lowest BCUT2D eigenvalue weighted by Gasteiger charge is -2.26. The highest BCUT2D eigenvalue weighted by Crippen LogP contribution is 2.14. The van der Waals surface area contributed by atoms with Crippen LogP contribution in [0, 0.1) is 0 Å². The van der Waals surface area contributed by atoms with Crippen molar-refractivity contribution in [3.05, 3.63) is 65.2 Å². The Morgan fingerprint density at radius 3 is 2.43 bits per heavy atom. The van der Waals surface area contributed by atoms with E-state index in [1.165, 1.54) is 13.8 Å². The number of morpholine rings is 1. The monoisotopic (exact) mass is 410 g/mol. The number of benzene rings is 2. The van der Waals surface area contributed by atoms with Crippen LogP contribution in [0.15, 0.2) is 48.5 Å². The molecule has 1 amide bonds. The predicted octanol–water partition coefficient (Wildman–Crippen LogP) is 2.91. The topological polar surface area (TPSA) is 84.9 Å². The highest BCUT2D eigenvalue weighted by atomic mass is 16.5. The molecule has 1 fully saturated rings. The zero-order valence-corrected chi connectivity index (χ0v) is 17.2. The third-order valence-corrected chi connectivity index (χ3v) is 4.89. The normalized spacial score (nSPS) is 15.3. The van der Waals surface area contributed by atoms with Gasteiger partial charge in [0, 0.05) is 30.9 Å². The van der Waals surface area contributed by atoms with Gasteiger partial charge < -0.3 is 14.8 Å². The Bertz CT molecular complexity index is 904. The molecule has 0 bridgehead atoms. The van der Waals surface area contributed by atoms with Crippen molar-refractivity contribution in [3.63, 3.8) is 0 Å². The number of carbonyl (C=O) groups excluding carboxylic acids is 3. The molecule has 30 heavy (non-hydrogen) atoms. The average Bonchev–Trinajstić information content (AvgIpc) is 2.75. The third-order valence-electron chi connectivity index (χ3n) is 4.89. The first-order valence-corrected chi connectivity index (χ1v) is 9.94. The van der Waals surface area contributed by atoms with E-state index in [9.17, 15) is 14.4 Å². The molecule has 0 saturated carbocycles. The Labute approximate surface area is 176 Å². The number of ketones is 1. The van der Waals surface area contributed by atoms with E-state index in [1.807, 2.05) is 12.1 Å². The molecule has 2 aromatic rings. The summed E-state index contributed by atoms with van der Waals surface area (Å²) in [5.74, 6) is -1.12. The van der Waals surface area contributed by atoms with Gasteiger partial charge in [0.05, 0.1) is 18.8 Å². The Kier molecular flexibility index (Phi) is 7.32. The fourth-order valence-corrected chi connectivity index (χ4v) is 3.11. The highest BCUT2D eigenvalue weighted by molar-refractivity contribution is 5.99. The molecule has 0 aliphatic carbocycles. The Balaban J connectivity index is 1.53. The van der Waals surface area contributed by atoms with Gasteiger partial charge in [-0.2, -0.15) is 0 Å². The summed E-state index contributed by atoms with van der Waals surface area (Å²) in [7, 11) is 0. The van der Waals surface area contributed by atoms with Crippen LogP contribution in [-0.2, 0) is 20.8 Å². The molecule has 0 spiro atoms. The summed E-state index contributed by atoms with van der Waals surface area (Å²) >= 11 is 0. The third kappa shape index (κ3) is 5.98. The smallest absolute Gasteiger partial charge is 0.338 e. The molecule has 1 aliphatic heterocycles. The SMILES string of the molecule is CC(=O)c1cccc(NC(=O)[C@H](C)OC(=O)c2ccc(CN3CCOCC3)cc2)c1. The molecule has 1 heterocycles. The molecule has 158 valence electrons. The molecule has 1 atom stereocenters. The number of anilines is 1. The van der Waals surface area contributed by atoms with Crippen LogP contribution in [-0.4, -0.2) is 55.0 Å². The first-order chi connectivity index (χ1) is 14.4. The quantitative estimate of drug-likeness (QED) is 0.558. The van der Waals surface area contributed by atoms with E-state index < -0.39 is 18.0 Å². The van der Waals surface area contributed by atoms with Gasteiger partial charge in [-0.05, 0) is 43.7 Å². The number of hydrogen-bond acceptors (Lipinski definition) is 6. The van der Waals surface area contributed by atoms with Crippen LogP contribution in [0.4, 0.5) is 5.69 Å². The molecule has 1 N–H and O–H groups in total. The minimum absolute atomic E-state index is 0.0948. The van der Waals surface area contributed by atoms with Crippen LogP contribution >= 0.6 is 0 Å². The van der Waals surface area contributed by atoms with E-state index in [-0.39, 0.29) is 5.78 Å². The van der Waals surface area contributed by atoms with Crippen molar-refractivity contribution in [2.75, 3.05) is 31.6 Å². The molecule has 0 aromatic heterocycles. The van der Waals surface area contributed by atoms with Crippen molar-refractivity contribution in [2.45, 2.75) is 26.5 Å². The number of ether oxygens (including phenoxy) is 2. The lowest BCUT2D eigenvalue weighted by atomic mass is 10.1. The number of nitrogens with zero attached hydrogens (tertiary/aromatic N) is 1. The summed E-state index contributed by atoms with van der Waals surface area (Å²) in [5, 5.41) is 2.66. The number of nitrogens with one attached hydrogen (secondary N) is 1. The van der Waals surface area contributed by atoms with Crippen LogP contribution in [0.25, 0.3) is 0 Å². The van der Waals surface area contributed by atoms with E-state index in [0.717, 1.165) is 38.4 Å². The van der Waals surface area contributed by atoms with Gasteiger partial charge in [0.15, 0.2) is 11.9 Å². The lowest BCUT2D eigenvalue weighted by molar-refractivity contribution is -0.123. The van der Waals surface area contributed by atoms with Crippen molar-refractivity contribution in [1.29, 1.82) is 0 Å². The van der Waals surface area contributed by atoms with Crippen LogP contribution in [0.3, 0.4) is 0 Å². The molecule has 0 unspecified atom stereocenters. The van der Waals surface area contributed by atoms with E-state index in [1.54, 1.807) is 36.4 Å². The Morgan fingerprint density at radius 2 is 1.77 bits per heavy atom. The highest BCUT2D eigenvalue weighted by Gasteiger charge is 2.19. The van der Waals surface area contributed by atoms with Gasteiger partial charge >= 0.3 is 5.97 Å². The summed E-state index contributed by atoms with van der Waals surface area (Å²) in [5.41, 5.74) is 2.46. The second kappa shape index (κ2) is 10.1. The van der Waals surface area contributed by atoms with E-state index in [4.69, 9.17) is 9.47 Å². The van der Waals surface area contributed by atoms with Crippen LogP contribution < -0.4 is 5.32 Å². The van der Waals surface area contributed by atoms with Gasteiger partial charge in [0.25, 0.3) is 5.91 Å². The number of hydrogen-bond donors (Lipinski definition) is 1. The van der Waals surface area contributed by atoms with Gasteiger partial charge in [-0.3, -0.25) is 14.5 Å². The molecule has 7 heteroatoms. The van der Waals surface area contributed by atoms with Gasteiger partial charge in [-0.25, -0.2) is 4.79 Å². The van der Waals surface area contributed by atoms with Crippen molar-refractivity contribution >= 4 is 23.3 Å². The molecule has 0 radical (unpaired) electrons. The molecular formula is C23H26N2O5. The van der Waals surface area contributed by atoms with Crippen LogP contribution in [0.5, 0.6) is 0 Å². The second-order valence-electron chi connectivity index (χ2n) is 7.26. The summed E-state index contributed by atoms with van der Waals surface area (Å²) in [6.45, 7) is 7.04. The molecule has 3 rings (SSSR count). The molecule has 1 saturated heterocycles. The minimum atomic E-state index is -0.980. The second-order valence-corrected chi connectivity index (χ2v) is 7.26. The standard InChI is InChI=1S/C23H26N2O5/c1-16(26)20-4-3-5-21(14-20)24-22(27)17(2)30-23(28)19-8-6-18(7-9-19)15-25-10-12-29-13-11-25/h3-9,14,17H,10-13,15H2,1-2H3,(H,24,27)/t17-/m0/s1. The van der Waals surface area contributed by atoms with Gasteiger partial charge in [0.2, 0.25) is 0 Å². The number of Topliss-reactive ketones (excluding diaryl/α,β-unsaturated/α-hetero) is 1. The van der Waals surface area contributed by atoms with E-state index in [2.05, 4.69) is 10.2 Å². The maximum absolute atomic E-state index is 12.4. The fourth-order valence-electron chi connectivity index (χ4n) is 3.11. The first-order valence-electron chi connectivity index (χ1n) is 9.94. The van der Waals surface area contributed by atoms with Crippen molar-refractivity contribution in [2.24, 2.45) is 0 Å². The van der Waals surface area contributed by atoms with E-state index >= 15 is 0 Å². The van der Waals surface area contributed by atoms with Crippen molar-refractivity contribution in [3.8, 4) is 0 Å². The van der Waals surface area contributed by atoms with Crippen molar-refractivity contribution < 1.29 is 23.9 Å². The molecular weight excluding hydrogens is 384 g/mol. The molecule has 2 aromatic carbocycles. The summed E-state index contributed by atoms with van der Waals surface area (Å²) in [6.07, 6.45) is -0.980. The van der Waals surface area contributed by atoms with Crippen LogP contribution in [0.1, 0.15) is 40.1 Å². The Hall–Kier alpha value is -3.03. The van der Waals surface area contributed by atoms with Gasteiger partial charge in [0.1, 0.15) is 0 Å². The maximum atomic E-state index is 12.4. The van der Waals surface area contributed by atoms with Crippen molar-refractivity contribution in [1.82, 2.24) is 4.90 Å². The number of rotatable bonds is 7. The number of amides is 1. The zero-order valence-electron chi connectivity index (χ0n) is 17.2. The van der Waals surface area contributed by atoms with E-state index in [0.29, 0.717) is 16.8 Å². The predicted molar refractivity (Wildman–Crippen MR) is 112 cm³/mol. The summed E-state index contributed by atoms with van der Waals surface area (Å²) in [6, 6.07) is 13.8. The van der Waals surface area contributed by atoms with Gasteiger partial charge in [-0.15, -0.1) is 0 Å². The average molecular weight is 410 g/mol. The largest absolute Gasteiger partial charge is 0.449 e. The van der Waals surface area contributed by atoms with Gasteiger partial charge in [-0.1, -0.05) is 24.3 Å². The molecule has 1 aliphatic rings. The maximum Gasteiger partial charge on any atom is 0.338 e. The fraction of sp³-hybridized carbons (Fsp3) is 0.348. The lowest BCUT2D eigenvalue weighted by Crippen LogP contribution is -2.35. The first kappa shape index (κ1) is 21.7. The summed E-state index contributed by atoms with van der Waals surface area (Å²) in [4.78, 5) is 38.5. The number of esters is 1.